The number of benzene rings is 1. The second-order valence-corrected chi connectivity index (χ2v) is 6.07. The van der Waals surface area contributed by atoms with Crippen molar-refractivity contribution in [2.75, 3.05) is 53.0 Å². The van der Waals surface area contributed by atoms with Gasteiger partial charge >= 0.3 is 0 Å². The van der Waals surface area contributed by atoms with Gasteiger partial charge in [-0.3, -0.25) is 9.69 Å². The van der Waals surface area contributed by atoms with Crippen molar-refractivity contribution in [3.63, 3.8) is 0 Å². The van der Waals surface area contributed by atoms with E-state index in [4.69, 9.17) is 4.74 Å². The maximum atomic E-state index is 11.8. The number of methoxy groups -OCH3 is 1. The van der Waals surface area contributed by atoms with Crippen molar-refractivity contribution in [2.45, 2.75) is 26.8 Å². The van der Waals surface area contributed by atoms with Crippen LogP contribution in [0.25, 0.3) is 0 Å². The summed E-state index contributed by atoms with van der Waals surface area (Å²) in [4.78, 5) is 18.6. The van der Waals surface area contributed by atoms with Gasteiger partial charge in [-0.2, -0.15) is 0 Å². The molecule has 27 heavy (non-hydrogen) atoms. The van der Waals surface area contributed by atoms with Gasteiger partial charge in [0.25, 0.3) is 0 Å². The molecule has 1 aromatic carbocycles. The Morgan fingerprint density at radius 2 is 1.81 bits per heavy atom. The van der Waals surface area contributed by atoms with Crippen LogP contribution in [0, 0.1) is 0 Å². The predicted molar refractivity (Wildman–Crippen MR) is 111 cm³/mol. The Kier molecular flexibility index (Phi) is 11.9. The van der Waals surface area contributed by atoms with Crippen LogP contribution < -0.4 is 16.0 Å². The zero-order valence-electron chi connectivity index (χ0n) is 17.1. The van der Waals surface area contributed by atoms with Gasteiger partial charge in [-0.1, -0.05) is 44.2 Å². The van der Waals surface area contributed by atoms with E-state index in [1.807, 2.05) is 13.0 Å². The average Bonchev–Trinajstić information content (AvgIpc) is 2.70. The number of hydrogen-bond acceptors (Lipinski definition) is 4. The highest BCUT2D eigenvalue weighted by Crippen LogP contribution is 2.19. The number of nitrogens with one attached hydrogen (secondary N) is 3. The van der Waals surface area contributed by atoms with Gasteiger partial charge in [0.2, 0.25) is 5.91 Å². The summed E-state index contributed by atoms with van der Waals surface area (Å²) < 4.78 is 4.93. The molecule has 0 heterocycles. The number of ether oxygens (including phenoxy) is 1. The van der Waals surface area contributed by atoms with Gasteiger partial charge in [0.05, 0.1) is 12.6 Å². The fourth-order valence-electron chi connectivity index (χ4n) is 2.83. The lowest BCUT2D eigenvalue weighted by Gasteiger charge is -2.30. The molecular weight excluding hydrogens is 342 g/mol. The first-order valence-corrected chi connectivity index (χ1v) is 9.72. The van der Waals surface area contributed by atoms with E-state index in [1.54, 1.807) is 7.11 Å². The van der Waals surface area contributed by atoms with Crippen molar-refractivity contribution in [1.29, 1.82) is 0 Å². The van der Waals surface area contributed by atoms with Gasteiger partial charge in [-0.15, -0.1) is 0 Å². The Bertz CT molecular complexity index is 547. The fourth-order valence-corrected chi connectivity index (χ4v) is 2.83. The van der Waals surface area contributed by atoms with Crippen LogP contribution in [0.4, 0.5) is 0 Å². The summed E-state index contributed by atoms with van der Waals surface area (Å²) in [6.45, 7) is 10.8. The Balaban J connectivity index is 2.72. The number of carbonyl (C=O) groups excluding carboxylic acids is 1. The number of likely N-dealkylation sites (N-methyl/N-ethyl adjacent to an activating group) is 1. The molecule has 152 valence electrons. The second-order valence-electron chi connectivity index (χ2n) is 6.07. The van der Waals surface area contributed by atoms with Crippen molar-refractivity contribution in [3.05, 3.63) is 35.9 Å². The number of aliphatic imine (C=N–C) groups is 1. The lowest BCUT2D eigenvalue weighted by atomic mass is 10.1. The van der Waals surface area contributed by atoms with Gasteiger partial charge in [-0.25, -0.2) is 4.99 Å². The maximum Gasteiger partial charge on any atom is 0.241 e. The maximum absolute atomic E-state index is 11.8. The molecule has 0 aromatic heterocycles. The molecule has 1 aromatic rings. The third kappa shape index (κ3) is 8.88. The molecule has 0 bridgehead atoms. The van der Waals surface area contributed by atoms with Gasteiger partial charge < -0.3 is 20.7 Å². The molecule has 0 fully saturated rings. The molecule has 7 nitrogen and oxygen atoms in total. The molecule has 1 rings (SSSR count). The molecule has 1 amide bonds. The van der Waals surface area contributed by atoms with Gasteiger partial charge in [0.1, 0.15) is 6.54 Å². The van der Waals surface area contributed by atoms with Crippen molar-refractivity contribution in [2.24, 2.45) is 4.99 Å². The molecule has 1 atom stereocenters. The van der Waals surface area contributed by atoms with Crippen molar-refractivity contribution >= 4 is 11.9 Å². The third-order valence-electron chi connectivity index (χ3n) is 4.25. The Labute approximate surface area is 163 Å². The quantitative estimate of drug-likeness (QED) is 0.291. The number of amides is 1. The van der Waals surface area contributed by atoms with E-state index in [0.29, 0.717) is 25.7 Å². The van der Waals surface area contributed by atoms with Crippen molar-refractivity contribution < 1.29 is 9.53 Å². The second kappa shape index (κ2) is 14.0. The largest absolute Gasteiger partial charge is 0.383 e. The molecule has 0 aliphatic carbocycles. The highest BCUT2D eigenvalue weighted by Gasteiger charge is 2.18. The minimum atomic E-state index is -0.118. The first-order chi connectivity index (χ1) is 13.2. The third-order valence-corrected chi connectivity index (χ3v) is 4.25. The van der Waals surface area contributed by atoms with Crippen LogP contribution in [0.15, 0.2) is 35.3 Å². The summed E-state index contributed by atoms with van der Waals surface area (Å²) in [5, 5.41) is 9.36. The molecule has 3 N–H and O–H groups in total. The molecule has 7 heteroatoms. The summed E-state index contributed by atoms with van der Waals surface area (Å²) in [7, 11) is 1.61. The van der Waals surface area contributed by atoms with Crippen LogP contribution in [0.5, 0.6) is 0 Å². The number of hydrogen-bond donors (Lipinski definition) is 3. The Morgan fingerprint density at radius 3 is 2.41 bits per heavy atom. The summed E-state index contributed by atoms with van der Waals surface area (Å²) in [5.41, 5.74) is 1.27. The van der Waals surface area contributed by atoms with E-state index in [2.05, 4.69) is 64.0 Å². The zero-order chi connectivity index (χ0) is 19.9. The molecule has 0 radical (unpaired) electrons. The smallest absolute Gasteiger partial charge is 0.241 e. The minimum absolute atomic E-state index is 0.0837. The van der Waals surface area contributed by atoms with E-state index < -0.39 is 0 Å². The molecule has 0 aliphatic rings. The predicted octanol–water partition coefficient (Wildman–Crippen LogP) is 1.39. The lowest BCUT2D eigenvalue weighted by Crippen LogP contribution is -2.43. The van der Waals surface area contributed by atoms with E-state index >= 15 is 0 Å². The van der Waals surface area contributed by atoms with Crippen LogP contribution in [0.3, 0.4) is 0 Å². The molecule has 0 aliphatic heterocycles. The standard InChI is InChI=1S/C20H35N5O2/c1-5-21-20(24-16-19(26)22-13-14-27-4)23-15-18(25(6-2)7-3)17-11-9-8-10-12-17/h8-12,18H,5-7,13-16H2,1-4H3,(H,22,26)(H2,21,23,24). The van der Waals surface area contributed by atoms with Crippen LogP contribution in [0.1, 0.15) is 32.4 Å². The Hall–Kier alpha value is -2.12. The molecule has 0 saturated heterocycles. The SMILES string of the molecule is CCNC(=NCC(=O)NCCOC)NCC(c1ccccc1)N(CC)CC. The average molecular weight is 378 g/mol. The number of guanidine groups is 1. The van der Waals surface area contributed by atoms with Crippen molar-refractivity contribution in [3.8, 4) is 0 Å². The summed E-state index contributed by atoms with van der Waals surface area (Å²) in [6, 6.07) is 10.7. The first-order valence-electron chi connectivity index (χ1n) is 9.72. The van der Waals surface area contributed by atoms with Gasteiger partial charge in [-0.05, 0) is 25.6 Å². The van der Waals surface area contributed by atoms with Crippen molar-refractivity contribution in [1.82, 2.24) is 20.9 Å². The number of nitrogens with zero attached hydrogens (tertiary/aromatic N) is 2. The van der Waals surface area contributed by atoms with Crippen LogP contribution in [-0.2, 0) is 9.53 Å². The van der Waals surface area contributed by atoms with Gasteiger partial charge in [0.15, 0.2) is 5.96 Å². The molecule has 0 spiro atoms. The molecule has 1 unspecified atom stereocenters. The normalized spacial score (nSPS) is 12.7. The molecular formula is C20H35N5O2. The fraction of sp³-hybridized carbons (Fsp3) is 0.600. The summed E-state index contributed by atoms with van der Waals surface area (Å²) in [6.07, 6.45) is 0. The topological polar surface area (TPSA) is 78.0 Å². The zero-order valence-corrected chi connectivity index (χ0v) is 17.1. The summed E-state index contributed by atoms with van der Waals surface area (Å²) in [5.74, 6) is 0.528. The van der Waals surface area contributed by atoms with E-state index in [9.17, 15) is 4.79 Å². The van der Waals surface area contributed by atoms with E-state index in [-0.39, 0.29) is 18.5 Å². The minimum Gasteiger partial charge on any atom is -0.383 e. The van der Waals surface area contributed by atoms with Crippen LogP contribution >= 0.6 is 0 Å². The highest BCUT2D eigenvalue weighted by atomic mass is 16.5. The monoisotopic (exact) mass is 377 g/mol. The number of rotatable bonds is 12. The highest BCUT2D eigenvalue weighted by molar-refractivity contribution is 5.84. The molecule has 0 saturated carbocycles. The summed E-state index contributed by atoms with van der Waals surface area (Å²) >= 11 is 0. The van der Waals surface area contributed by atoms with Crippen LogP contribution in [0.2, 0.25) is 0 Å². The van der Waals surface area contributed by atoms with E-state index in [1.165, 1.54) is 5.56 Å². The first kappa shape index (κ1) is 22.9. The number of carbonyl (C=O) groups is 1. The van der Waals surface area contributed by atoms with Crippen LogP contribution in [-0.4, -0.2) is 69.8 Å². The van der Waals surface area contributed by atoms with Gasteiger partial charge in [0, 0.05) is 26.7 Å². The van der Waals surface area contributed by atoms with E-state index in [0.717, 1.165) is 19.6 Å². The Morgan fingerprint density at radius 1 is 1.11 bits per heavy atom. The lowest BCUT2D eigenvalue weighted by molar-refractivity contribution is -0.119.